The van der Waals surface area contributed by atoms with Gasteiger partial charge in [0.1, 0.15) is 0 Å². The molecule has 0 fully saturated rings. The molecule has 1 rings (SSSR count). The lowest BCUT2D eigenvalue weighted by Gasteiger charge is -2.26. The van der Waals surface area contributed by atoms with Gasteiger partial charge < -0.3 is 10.2 Å². The number of halogens is 1. The molecule has 112 valence electrons. The second-order valence-corrected chi connectivity index (χ2v) is 6.71. The molecule has 0 aromatic heterocycles. The van der Waals surface area contributed by atoms with Gasteiger partial charge in [-0.15, -0.1) is 0 Å². The van der Waals surface area contributed by atoms with Crippen LogP contribution in [-0.2, 0) is 10.0 Å². The minimum Gasteiger partial charge on any atom is -0.478 e. The van der Waals surface area contributed by atoms with Crippen LogP contribution in [0.5, 0.6) is 0 Å². The predicted molar refractivity (Wildman–Crippen MR) is 74.5 cm³/mol. The molecule has 0 aliphatic carbocycles. The van der Waals surface area contributed by atoms with Crippen molar-refractivity contribution in [2.75, 3.05) is 6.61 Å². The summed E-state index contributed by atoms with van der Waals surface area (Å²) < 4.78 is 26.7. The number of sulfonamides is 1. The Morgan fingerprint density at radius 2 is 2.05 bits per heavy atom. The van der Waals surface area contributed by atoms with Gasteiger partial charge in [-0.1, -0.05) is 18.5 Å². The number of hydrogen-bond acceptors (Lipinski definition) is 4. The third kappa shape index (κ3) is 3.69. The van der Waals surface area contributed by atoms with Gasteiger partial charge in [-0.25, -0.2) is 17.9 Å². The lowest BCUT2D eigenvalue weighted by Crippen LogP contribution is -2.48. The molecule has 0 saturated carbocycles. The summed E-state index contributed by atoms with van der Waals surface area (Å²) in [6, 6.07) is 3.35. The number of carboxylic acid groups (broad SMARTS) is 1. The molecule has 0 radical (unpaired) electrons. The average molecular weight is 322 g/mol. The number of aliphatic hydroxyl groups excluding tert-OH is 1. The van der Waals surface area contributed by atoms with Gasteiger partial charge in [0.2, 0.25) is 10.0 Å². The van der Waals surface area contributed by atoms with E-state index in [9.17, 15) is 18.3 Å². The fraction of sp³-hybridized carbons (Fsp3) is 0.417. The summed E-state index contributed by atoms with van der Waals surface area (Å²) in [6.07, 6.45) is 0.393. The maximum absolute atomic E-state index is 12.2. The van der Waals surface area contributed by atoms with Crippen molar-refractivity contribution < 1.29 is 23.4 Å². The number of hydrogen-bond donors (Lipinski definition) is 3. The number of benzene rings is 1. The summed E-state index contributed by atoms with van der Waals surface area (Å²) in [7, 11) is -3.89. The normalized spacial score (nSPS) is 14.8. The first-order valence-electron chi connectivity index (χ1n) is 5.83. The molecule has 6 nitrogen and oxygen atoms in total. The largest absolute Gasteiger partial charge is 0.478 e. The van der Waals surface area contributed by atoms with E-state index in [0.717, 1.165) is 18.2 Å². The van der Waals surface area contributed by atoms with Gasteiger partial charge in [0, 0.05) is 0 Å². The molecule has 1 unspecified atom stereocenters. The van der Waals surface area contributed by atoms with Crippen molar-refractivity contribution in [1.29, 1.82) is 0 Å². The van der Waals surface area contributed by atoms with Gasteiger partial charge >= 0.3 is 5.97 Å². The molecular formula is C12H16ClNO5S. The SMILES string of the molecule is CCC(C)(CO)NS(=O)(=O)c1ccc(C(=O)O)c(Cl)c1. The van der Waals surface area contributed by atoms with Crippen LogP contribution in [0.2, 0.25) is 5.02 Å². The van der Waals surface area contributed by atoms with E-state index < -0.39 is 21.5 Å². The zero-order valence-corrected chi connectivity index (χ0v) is 12.6. The Labute approximate surface area is 122 Å². The quantitative estimate of drug-likeness (QED) is 0.736. The molecule has 20 heavy (non-hydrogen) atoms. The number of carboxylic acids is 1. The highest BCUT2D eigenvalue weighted by atomic mass is 35.5. The van der Waals surface area contributed by atoms with Crippen LogP contribution in [-0.4, -0.2) is 36.7 Å². The molecule has 8 heteroatoms. The number of carbonyl (C=O) groups is 1. The molecule has 0 aliphatic rings. The second kappa shape index (κ2) is 6.09. The van der Waals surface area contributed by atoms with Crippen molar-refractivity contribution in [1.82, 2.24) is 4.72 Å². The van der Waals surface area contributed by atoms with Gasteiger partial charge in [-0.2, -0.15) is 0 Å². The summed E-state index contributed by atoms with van der Waals surface area (Å²) in [5, 5.41) is 17.9. The lowest BCUT2D eigenvalue weighted by molar-refractivity contribution is 0.0697. The summed E-state index contributed by atoms with van der Waals surface area (Å²) in [6.45, 7) is 2.95. The minimum atomic E-state index is -3.89. The highest BCUT2D eigenvalue weighted by molar-refractivity contribution is 7.89. The Morgan fingerprint density at radius 3 is 2.45 bits per heavy atom. The van der Waals surface area contributed by atoms with E-state index in [1.165, 1.54) is 0 Å². The Balaban J connectivity index is 3.17. The first-order chi connectivity index (χ1) is 9.15. The highest BCUT2D eigenvalue weighted by Crippen LogP contribution is 2.22. The van der Waals surface area contributed by atoms with E-state index in [-0.39, 0.29) is 22.1 Å². The molecule has 1 aromatic carbocycles. The van der Waals surface area contributed by atoms with Crippen LogP contribution in [0, 0.1) is 0 Å². The van der Waals surface area contributed by atoms with Crippen LogP contribution in [0.3, 0.4) is 0 Å². The van der Waals surface area contributed by atoms with E-state index in [1.807, 2.05) is 0 Å². The van der Waals surface area contributed by atoms with E-state index >= 15 is 0 Å². The molecule has 0 saturated heterocycles. The van der Waals surface area contributed by atoms with Crippen molar-refractivity contribution >= 4 is 27.6 Å². The fourth-order valence-electron chi connectivity index (χ4n) is 1.44. The molecule has 0 heterocycles. The number of rotatable bonds is 6. The molecule has 0 aliphatic heterocycles. The van der Waals surface area contributed by atoms with Crippen molar-refractivity contribution in [3.63, 3.8) is 0 Å². The Kier molecular flexibility index (Phi) is 5.15. The summed E-state index contributed by atoms with van der Waals surface area (Å²) in [4.78, 5) is 10.7. The predicted octanol–water partition coefficient (Wildman–Crippen LogP) is 1.48. The summed E-state index contributed by atoms with van der Waals surface area (Å²) in [5.41, 5.74) is -1.16. The maximum Gasteiger partial charge on any atom is 0.337 e. The topological polar surface area (TPSA) is 104 Å². The van der Waals surface area contributed by atoms with Crippen molar-refractivity contribution in [2.45, 2.75) is 30.7 Å². The van der Waals surface area contributed by atoms with Gasteiger partial charge in [0.05, 0.1) is 27.6 Å². The number of aromatic carboxylic acids is 1. The molecule has 3 N–H and O–H groups in total. The standard InChI is InChI=1S/C12H16ClNO5S/c1-3-12(2,7-15)14-20(18,19)8-4-5-9(11(16)17)10(13)6-8/h4-6,14-15H,3,7H2,1-2H3,(H,16,17). The van der Waals surface area contributed by atoms with Gasteiger partial charge in [0.15, 0.2) is 0 Å². The van der Waals surface area contributed by atoms with Crippen LogP contribution in [0.1, 0.15) is 30.6 Å². The fourth-order valence-corrected chi connectivity index (χ4v) is 3.26. The zero-order chi connectivity index (χ0) is 15.6. The van der Waals surface area contributed by atoms with Crippen LogP contribution in [0.25, 0.3) is 0 Å². The molecule has 0 spiro atoms. The van der Waals surface area contributed by atoms with Crippen molar-refractivity contribution in [2.24, 2.45) is 0 Å². The van der Waals surface area contributed by atoms with E-state index in [2.05, 4.69) is 4.72 Å². The summed E-state index contributed by atoms with van der Waals surface area (Å²) >= 11 is 5.75. The number of nitrogens with one attached hydrogen (secondary N) is 1. The van der Waals surface area contributed by atoms with Gasteiger partial charge in [0.25, 0.3) is 0 Å². The van der Waals surface area contributed by atoms with Crippen LogP contribution in [0.15, 0.2) is 23.1 Å². The minimum absolute atomic E-state index is 0.152. The van der Waals surface area contributed by atoms with Crippen molar-refractivity contribution in [3.05, 3.63) is 28.8 Å². The molecule has 0 bridgehead atoms. The average Bonchev–Trinajstić information content (AvgIpc) is 2.37. The Hall–Kier alpha value is -1.15. The van der Waals surface area contributed by atoms with Crippen LogP contribution in [0.4, 0.5) is 0 Å². The van der Waals surface area contributed by atoms with E-state index in [1.54, 1.807) is 13.8 Å². The Morgan fingerprint density at radius 1 is 1.45 bits per heavy atom. The molecule has 1 atom stereocenters. The molecular weight excluding hydrogens is 306 g/mol. The van der Waals surface area contributed by atoms with Crippen molar-refractivity contribution in [3.8, 4) is 0 Å². The third-order valence-electron chi connectivity index (χ3n) is 2.99. The molecule has 0 amide bonds. The number of aliphatic hydroxyl groups is 1. The zero-order valence-electron chi connectivity index (χ0n) is 11.1. The van der Waals surface area contributed by atoms with E-state index in [0.29, 0.717) is 6.42 Å². The maximum atomic E-state index is 12.2. The first kappa shape index (κ1) is 16.9. The monoisotopic (exact) mass is 321 g/mol. The molecule has 1 aromatic rings. The van der Waals surface area contributed by atoms with E-state index in [4.69, 9.17) is 16.7 Å². The van der Waals surface area contributed by atoms with Crippen LogP contribution >= 0.6 is 11.6 Å². The highest BCUT2D eigenvalue weighted by Gasteiger charge is 2.29. The third-order valence-corrected chi connectivity index (χ3v) is 4.94. The Bertz CT molecular complexity index is 610. The lowest BCUT2D eigenvalue weighted by atomic mass is 10.0. The second-order valence-electron chi connectivity index (χ2n) is 4.62. The van der Waals surface area contributed by atoms with Gasteiger partial charge in [-0.3, -0.25) is 0 Å². The first-order valence-corrected chi connectivity index (χ1v) is 7.69. The summed E-state index contributed by atoms with van der Waals surface area (Å²) in [5.74, 6) is -1.24. The van der Waals surface area contributed by atoms with Gasteiger partial charge in [-0.05, 0) is 31.5 Å². The smallest absolute Gasteiger partial charge is 0.337 e. The van der Waals surface area contributed by atoms with Crippen LogP contribution < -0.4 is 4.72 Å².